The van der Waals surface area contributed by atoms with Gasteiger partial charge in [0.15, 0.2) is 0 Å². The Morgan fingerprint density at radius 2 is 1.95 bits per heavy atom. The molecule has 1 amide bonds. The van der Waals surface area contributed by atoms with Crippen LogP contribution in [0.1, 0.15) is 26.0 Å². The molecule has 0 N–H and O–H groups in total. The minimum absolute atomic E-state index is 0.0623. The van der Waals surface area contributed by atoms with Crippen molar-refractivity contribution >= 4 is 5.91 Å². The summed E-state index contributed by atoms with van der Waals surface area (Å²) in [5, 5.41) is 8.28. The maximum Gasteiger partial charge on any atom is 0.244 e. The molecule has 0 unspecified atom stereocenters. The van der Waals surface area contributed by atoms with E-state index in [9.17, 15) is 4.79 Å². The molecule has 1 aromatic heterocycles. The number of carbonyl (C=O) groups is 1. The molecule has 124 valence electrons. The largest absolute Gasteiger partial charge is 0.344 e. The fourth-order valence-electron chi connectivity index (χ4n) is 2.65. The topological polar surface area (TPSA) is 57.5 Å². The van der Waals surface area contributed by atoms with Gasteiger partial charge in [-0.15, -0.1) is 5.10 Å². The van der Waals surface area contributed by atoms with Gasteiger partial charge < -0.3 is 9.80 Å². The van der Waals surface area contributed by atoms with E-state index >= 15 is 0 Å². The first kappa shape index (κ1) is 16.9. The summed E-state index contributed by atoms with van der Waals surface area (Å²) in [7, 11) is 1.80. The summed E-state index contributed by atoms with van der Waals surface area (Å²) in [4.78, 5) is 18.5. The average molecular weight is 308 g/mol. The van der Waals surface area contributed by atoms with Crippen molar-refractivity contribution in [2.45, 2.75) is 33.4 Å². The predicted molar refractivity (Wildman–Crippen MR) is 85.3 cm³/mol. The van der Waals surface area contributed by atoms with Crippen LogP contribution in [0.15, 0.2) is 6.20 Å². The van der Waals surface area contributed by atoms with Crippen LogP contribution < -0.4 is 0 Å². The lowest BCUT2D eigenvalue weighted by atomic mass is 10.3. The molecule has 0 spiro atoms. The Kier molecular flexibility index (Phi) is 6.33. The van der Waals surface area contributed by atoms with E-state index in [2.05, 4.69) is 27.0 Å². The first-order valence-corrected chi connectivity index (χ1v) is 8.20. The van der Waals surface area contributed by atoms with E-state index in [1.807, 2.05) is 13.1 Å². The molecular formula is C15H28N6O. The fraction of sp³-hybridized carbons (Fsp3) is 0.800. The van der Waals surface area contributed by atoms with Gasteiger partial charge in [-0.05, 0) is 33.0 Å². The van der Waals surface area contributed by atoms with Crippen molar-refractivity contribution in [3.63, 3.8) is 0 Å². The van der Waals surface area contributed by atoms with Crippen LogP contribution in [0.25, 0.3) is 0 Å². The lowest BCUT2D eigenvalue weighted by molar-refractivity contribution is -0.130. The van der Waals surface area contributed by atoms with Crippen LogP contribution in [0.3, 0.4) is 0 Å². The van der Waals surface area contributed by atoms with Crippen LogP contribution in [0.4, 0.5) is 0 Å². The van der Waals surface area contributed by atoms with Crippen LogP contribution >= 0.6 is 0 Å². The molecule has 7 heteroatoms. The Balaban J connectivity index is 1.85. The molecule has 1 saturated heterocycles. The van der Waals surface area contributed by atoms with Crippen LogP contribution in [0.5, 0.6) is 0 Å². The first-order valence-electron chi connectivity index (χ1n) is 8.20. The normalized spacial score (nSPS) is 17.4. The Labute approximate surface area is 132 Å². The van der Waals surface area contributed by atoms with E-state index in [0.29, 0.717) is 6.54 Å². The Morgan fingerprint density at radius 3 is 2.68 bits per heavy atom. The van der Waals surface area contributed by atoms with E-state index in [1.54, 1.807) is 16.6 Å². The van der Waals surface area contributed by atoms with E-state index in [-0.39, 0.29) is 12.5 Å². The first-order chi connectivity index (χ1) is 10.6. The second kappa shape index (κ2) is 8.24. The molecule has 0 saturated carbocycles. The molecule has 1 aliphatic heterocycles. The Bertz CT molecular complexity index is 474. The van der Waals surface area contributed by atoms with E-state index in [1.165, 1.54) is 13.0 Å². The summed E-state index contributed by atoms with van der Waals surface area (Å²) >= 11 is 0. The molecular weight excluding hydrogens is 280 g/mol. The van der Waals surface area contributed by atoms with Crippen molar-refractivity contribution in [3.05, 3.63) is 11.9 Å². The molecule has 1 aromatic rings. The van der Waals surface area contributed by atoms with Crippen molar-refractivity contribution in [1.29, 1.82) is 0 Å². The van der Waals surface area contributed by atoms with Crippen molar-refractivity contribution in [1.82, 2.24) is 29.7 Å². The number of likely N-dealkylation sites (N-methyl/N-ethyl adjacent to an activating group) is 2. The third-order valence-corrected chi connectivity index (χ3v) is 4.30. The monoisotopic (exact) mass is 308 g/mol. The molecule has 2 rings (SSSR count). The highest BCUT2D eigenvalue weighted by atomic mass is 16.2. The number of nitrogens with zero attached hydrogens (tertiary/aromatic N) is 6. The van der Waals surface area contributed by atoms with Gasteiger partial charge in [0.2, 0.25) is 5.91 Å². The quantitative estimate of drug-likeness (QED) is 0.756. The molecule has 1 aliphatic rings. The van der Waals surface area contributed by atoms with Gasteiger partial charge in [0, 0.05) is 33.2 Å². The summed E-state index contributed by atoms with van der Waals surface area (Å²) in [6.07, 6.45) is 3.09. The molecule has 7 nitrogen and oxygen atoms in total. The van der Waals surface area contributed by atoms with Crippen molar-refractivity contribution in [2.75, 3.05) is 46.3 Å². The molecule has 0 aromatic carbocycles. The van der Waals surface area contributed by atoms with Gasteiger partial charge in [0.1, 0.15) is 6.54 Å². The predicted octanol–water partition coefficient (Wildman–Crippen LogP) is 0.284. The van der Waals surface area contributed by atoms with E-state index in [4.69, 9.17) is 0 Å². The SMILES string of the molecule is CCN1CCCN(Cc2cn(CC(=O)N(C)CC)nn2)CC1. The second-order valence-electron chi connectivity index (χ2n) is 5.88. The van der Waals surface area contributed by atoms with E-state index in [0.717, 1.165) is 38.4 Å². The number of amides is 1. The van der Waals surface area contributed by atoms with Crippen molar-refractivity contribution < 1.29 is 4.79 Å². The molecule has 1 fully saturated rings. The molecule has 2 heterocycles. The lowest BCUT2D eigenvalue weighted by Gasteiger charge is -2.19. The summed E-state index contributed by atoms with van der Waals surface area (Å²) < 4.78 is 1.64. The highest BCUT2D eigenvalue weighted by molar-refractivity contribution is 5.75. The summed E-state index contributed by atoms with van der Waals surface area (Å²) in [5.74, 6) is 0.0623. The third-order valence-electron chi connectivity index (χ3n) is 4.30. The van der Waals surface area contributed by atoms with Gasteiger partial charge in [0.05, 0.1) is 11.9 Å². The van der Waals surface area contributed by atoms with Gasteiger partial charge in [-0.1, -0.05) is 12.1 Å². The zero-order valence-corrected chi connectivity index (χ0v) is 14.0. The minimum atomic E-state index is 0.0623. The van der Waals surface area contributed by atoms with Crippen LogP contribution in [-0.2, 0) is 17.9 Å². The van der Waals surface area contributed by atoms with Crippen molar-refractivity contribution in [3.8, 4) is 0 Å². The third kappa shape index (κ3) is 4.78. The lowest BCUT2D eigenvalue weighted by Crippen LogP contribution is -2.30. The number of aromatic nitrogens is 3. The van der Waals surface area contributed by atoms with Gasteiger partial charge >= 0.3 is 0 Å². The Morgan fingerprint density at radius 1 is 1.23 bits per heavy atom. The second-order valence-corrected chi connectivity index (χ2v) is 5.88. The smallest absolute Gasteiger partial charge is 0.244 e. The number of hydrogen-bond donors (Lipinski definition) is 0. The van der Waals surface area contributed by atoms with Gasteiger partial charge in [-0.3, -0.25) is 9.69 Å². The molecule has 0 aliphatic carbocycles. The van der Waals surface area contributed by atoms with Crippen molar-refractivity contribution in [2.24, 2.45) is 0 Å². The highest BCUT2D eigenvalue weighted by Crippen LogP contribution is 2.07. The van der Waals surface area contributed by atoms with Crippen LogP contribution in [0.2, 0.25) is 0 Å². The number of rotatable bonds is 6. The zero-order chi connectivity index (χ0) is 15.9. The fourth-order valence-corrected chi connectivity index (χ4v) is 2.65. The summed E-state index contributed by atoms with van der Waals surface area (Å²) in [6, 6.07) is 0. The summed E-state index contributed by atoms with van der Waals surface area (Å²) in [5.41, 5.74) is 0.942. The molecule has 0 bridgehead atoms. The molecule has 0 radical (unpaired) electrons. The number of carbonyl (C=O) groups excluding carboxylic acids is 1. The highest BCUT2D eigenvalue weighted by Gasteiger charge is 2.15. The maximum atomic E-state index is 11.9. The molecule has 22 heavy (non-hydrogen) atoms. The van der Waals surface area contributed by atoms with Crippen LogP contribution in [0, 0.1) is 0 Å². The Hall–Kier alpha value is -1.47. The summed E-state index contributed by atoms with van der Waals surface area (Å²) in [6.45, 7) is 11.5. The van der Waals surface area contributed by atoms with E-state index < -0.39 is 0 Å². The minimum Gasteiger partial charge on any atom is -0.344 e. The van der Waals surface area contributed by atoms with Gasteiger partial charge in [-0.2, -0.15) is 0 Å². The zero-order valence-electron chi connectivity index (χ0n) is 14.0. The van der Waals surface area contributed by atoms with Gasteiger partial charge in [0.25, 0.3) is 0 Å². The van der Waals surface area contributed by atoms with Crippen LogP contribution in [-0.4, -0.2) is 81.9 Å². The maximum absolute atomic E-state index is 11.9. The molecule has 0 atom stereocenters. The van der Waals surface area contributed by atoms with Gasteiger partial charge in [-0.25, -0.2) is 4.68 Å². The number of hydrogen-bond acceptors (Lipinski definition) is 5. The standard InChI is InChI=1S/C15H28N6O/c1-4-18(3)15(22)13-21-12-14(16-17-21)11-20-8-6-7-19(5-2)9-10-20/h12H,4-11,13H2,1-3H3. The average Bonchev–Trinajstić information content (AvgIpc) is 2.82.